The molecular weight excluding hydrogens is 280 g/mol. The highest BCUT2D eigenvalue weighted by Crippen LogP contribution is 2.21. The third-order valence-corrected chi connectivity index (χ3v) is 4.05. The van der Waals surface area contributed by atoms with Gasteiger partial charge in [-0.25, -0.2) is 0 Å². The van der Waals surface area contributed by atoms with Crippen LogP contribution in [0.25, 0.3) is 0 Å². The highest BCUT2D eigenvalue weighted by molar-refractivity contribution is 5.96. The van der Waals surface area contributed by atoms with Crippen molar-refractivity contribution in [1.82, 2.24) is 9.80 Å². The van der Waals surface area contributed by atoms with E-state index < -0.39 is 6.10 Å². The lowest BCUT2D eigenvalue weighted by Gasteiger charge is -2.28. The molecule has 22 heavy (non-hydrogen) atoms. The second-order valence-electron chi connectivity index (χ2n) is 6.00. The number of carbonyl (C=O) groups excluding carboxylic acids is 2. The standard InChI is InChI=1S/C17H24N2O3/c1-13(20)11-15-9-6-10-19(15)16(21)12-18(2)17(22)14-7-4-3-5-8-14/h3-5,7-8,13,15,20H,6,9-12H2,1-2H3. The number of rotatable bonds is 5. The fourth-order valence-electron chi connectivity index (χ4n) is 2.97. The molecule has 2 amide bonds. The second kappa shape index (κ2) is 7.40. The first-order chi connectivity index (χ1) is 10.5. The lowest BCUT2D eigenvalue weighted by Crippen LogP contribution is -2.44. The predicted octanol–water partition coefficient (Wildman–Crippen LogP) is 1.52. The minimum atomic E-state index is -0.415. The van der Waals surface area contributed by atoms with Crippen molar-refractivity contribution in [3.05, 3.63) is 35.9 Å². The van der Waals surface area contributed by atoms with Crippen LogP contribution in [0.2, 0.25) is 0 Å². The van der Waals surface area contributed by atoms with E-state index >= 15 is 0 Å². The number of likely N-dealkylation sites (N-methyl/N-ethyl adjacent to an activating group) is 1. The number of nitrogens with zero attached hydrogens (tertiary/aromatic N) is 2. The first-order valence-corrected chi connectivity index (χ1v) is 7.77. The third-order valence-electron chi connectivity index (χ3n) is 4.05. The van der Waals surface area contributed by atoms with Gasteiger partial charge in [-0.3, -0.25) is 9.59 Å². The Balaban J connectivity index is 1.94. The summed E-state index contributed by atoms with van der Waals surface area (Å²) in [5.74, 6) is -0.199. The third kappa shape index (κ3) is 4.07. The highest BCUT2D eigenvalue weighted by Gasteiger charge is 2.30. The summed E-state index contributed by atoms with van der Waals surface area (Å²) in [4.78, 5) is 28.0. The highest BCUT2D eigenvalue weighted by atomic mass is 16.3. The second-order valence-corrected chi connectivity index (χ2v) is 6.00. The molecule has 1 aliphatic rings. The molecule has 1 fully saturated rings. The van der Waals surface area contributed by atoms with Crippen LogP contribution in [0, 0.1) is 0 Å². The van der Waals surface area contributed by atoms with Gasteiger partial charge in [0, 0.05) is 25.2 Å². The Morgan fingerprint density at radius 2 is 2.05 bits per heavy atom. The molecule has 1 heterocycles. The van der Waals surface area contributed by atoms with Crippen LogP contribution in [-0.4, -0.2) is 59.0 Å². The zero-order valence-corrected chi connectivity index (χ0v) is 13.2. The normalized spacial score (nSPS) is 19.0. The van der Waals surface area contributed by atoms with E-state index in [1.165, 1.54) is 4.90 Å². The lowest BCUT2D eigenvalue weighted by atomic mass is 10.1. The van der Waals surface area contributed by atoms with E-state index in [1.54, 1.807) is 26.1 Å². The maximum atomic E-state index is 12.4. The fourth-order valence-corrected chi connectivity index (χ4v) is 2.97. The maximum absolute atomic E-state index is 12.4. The number of benzene rings is 1. The maximum Gasteiger partial charge on any atom is 0.254 e. The Kier molecular flexibility index (Phi) is 5.55. The van der Waals surface area contributed by atoms with Crippen LogP contribution in [-0.2, 0) is 4.79 Å². The largest absolute Gasteiger partial charge is 0.393 e. The average Bonchev–Trinajstić information content (AvgIpc) is 2.94. The van der Waals surface area contributed by atoms with Gasteiger partial charge in [-0.05, 0) is 38.3 Å². The number of hydrogen-bond donors (Lipinski definition) is 1. The minimum Gasteiger partial charge on any atom is -0.393 e. The van der Waals surface area contributed by atoms with Crippen molar-refractivity contribution in [3.8, 4) is 0 Å². The van der Waals surface area contributed by atoms with E-state index in [2.05, 4.69) is 0 Å². The van der Waals surface area contributed by atoms with Crippen molar-refractivity contribution in [2.75, 3.05) is 20.1 Å². The van der Waals surface area contributed by atoms with Gasteiger partial charge in [0.2, 0.25) is 5.91 Å². The van der Waals surface area contributed by atoms with Crippen LogP contribution in [0.15, 0.2) is 30.3 Å². The summed E-state index contributed by atoms with van der Waals surface area (Å²) in [7, 11) is 1.65. The van der Waals surface area contributed by atoms with Crippen molar-refractivity contribution in [3.63, 3.8) is 0 Å². The molecular formula is C17H24N2O3. The molecule has 1 N–H and O–H groups in total. The average molecular weight is 304 g/mol. The van der Waals surface area contributed by atoms with Crippen molar-refractivity contribution >= 4 is 11.8 Å². The lowest BCUT2D eigenvalue weighted by molar-refractivity contribution is -0.132. The summed E-state index contributed by atoms with van der Waals surface area (Å²) in [5.41, 5.74) is 0.583. The van der Waals surface area contributed by atoms with E-state index in [9.17, 15) is 14.7 Å². The molecule has 0 saturated carbocycles. The van der Waals surface area contributed by atoms with Gasteiger partial charge < -0.3 is 14.9 Å². The quantitative estimate of drug-likeness (QED) is 0.897. The molecule has 2 rings (SSSR count). The molecule has 0 aliphatic carbocycles. The van der Waals surface area contributed by atoms with Crippen molar-refractivity contribution in [1.29, 1.82) is 0 Å². The van der Waals surface area contributed by atoms with E-state index in [1.807, 2.05) is 23.1 Å². The van der Waals surface area contributed by atoms with Gasteiger partial charge in [0.25, 0.3) is 5.91 Å². The number of amides is 2. The SMILES string of the molecule is CC(O)CC1CCCN1C(=O)CN(C)C(=O)c1ccccc1. The molecule has 1 aromatic carbocycles. The number of carbonyl (C=O) groups is 2. The van der Waals surface area contributed by atoms with E-state index in [0.717, 1.165) is 12.8 Å². The number of hydrogen-bond acceptors (Lipinski definition) is 3. The Morgan fingerprint density at radius 1 is 1.36 bits per heavy atom. The molecule has 2 atom stereocenters. The monoisotopic (exact) mass is 304 g/mol. The van der Waals surface area contributed by atoms with Crippen LogP contribution in [0.4, 0.5) is 0 Å². The summed E-state index contributed by atoms with van der Waals surface area (Å²) < 4.78 is 0. The molecule has 5 heteroatoms. The molecule has 1 saturated heterocycles. The van der Waals surface area contributed by atoms with Gasteiger partial charge in [-0.15, -0.1) is 0 Å². The molecule has 1 aromatic rings. The molecule has 0 bridgehead atoms. The van der Waals surface area contributed by atoms with Gasteiger partial charge in [-0.1, -0.05) is 18.2 Å². The summed E-state index contributed by atoms with van der Waals surface area (Å²) in [5, 5.41) is 9.53. The van der Waals surface area contributed by atoms with E-state index in [-0.39, 0.29) is 24.4 Å². The molecule has 1 aliphatic heterocycles. The van der Waals surface area contributed by atoms with Crippen LogP contribution >= 0.6 is 0 Å². The van der Waals surface area contributed by atoms with Crippen molar-refractivity contribution in [2.45, 2.75) is 38.3 Å². The van der Waals surface area contributed by atoms with Crippen LogP contribution in [0.3, 0.4) is 0 Å². The minimum absolute atomic E-state index is 0.0464. The number of likely N-dealkylation sites (tertiary alicyclic amines) is 1. The smallest absolute Gasteiger partial charge is 0.254 e. The predicted molar refractivity (Wildman–Crippen MR) is 84.4 cm³/mol. The summed E-state index contributed by atoms with van der Waals surface area (Å²) in [6.07, 6.45) is 2.07. The zero-order valence-electron chi connectivity index (χ0n) is 13.2. The summed E-state index contributed by atoms with van der Waals surface area (Å²) in [6, 6.07) is 9.05. The molecule has 2 unspecified atom stereocenters. The van der Waals surface area contributed by atoms with Crippen LogP contribution in [0.1, 0.15) is 36.5 Å². The number of aliphatic hydroxyl groups excluding tert-OH is 1. The van der Waals surface area contributed by atoms with E-state index in [4.69, 9.17) is 0 Å². The first kappa shape index (κ1) is 16.5. The Bertz CT molecular complexity index is 516. The van der Waals surface area contributed by atoms with Gasteiger partial charge in [0.15, 0.2) is 0 Å². The molecule has 0 radical (unpaired) electrons. The van der Waals surface area contributed by atoms with Gasteiger partial charge in [-0.2, -0.15) is 0 Å². The first-order valence-electron chi connectivity index (χ1n) is 7.77. The zero-order chi connectivity index (χ0) is 16.1. The van der Waals surface area contributed by atoms with Crippen LogP contribution in [0.5, 0.6) is 0 Å². The fraction of sp³-hybridized carbons (Fsp3) is 0.529. The molecule has 5 nitrogen and oxygen atoms in total. The summed E-state index contributed by atoms with van der Waals surface area (Å²) in [6.45, 7) is 2.53. The Hall–Kier alpha value is -1.88. The molecule has 120 valence electrons. The van der Waals surface area contributed by atoms with Crippen molar-refractivity contribution in [2.24, 2.45) is 0 Å². The molecule has 0 spiro atoms. The van der Waals surface area contributed by atoms with Gasteiger partial charge >= 0.3 is 0 Å². The topological polar surface area (TPSA) is 60.9 Å². The van der Waals surface area contributed by atoms with Crippen molar-refractivity contribution < 1.29 is 14.7 Å². The summed E-state index contributed by atoms with van der Waals surface area (Å²) >= 11 is 0. The Labute approximate surface area is 131 Å². The van der Waals surface area contributed by atoms with Crippen LogP contribution < -0.4 is 0 Å². The number of aliphatic hydroxyl groups is 1. The van der Waals surface area contributed by atoms with Gasteiger partial charge in [0.1, 0.15) is 0 Å². The Morgan fingerprint density at radius 3 is 2.68 bits per heavy atom. The van der Waals surface area contributed by atoms with E-state index in [0.29, 0.717) is 18.5 Å². The van der Waals surface area contributed by atoms with Gasteiger partial charge in [0.05, 0.1) is 12.6 Å². The molecule has 0 aromatic heterocycles.